The molecule has 2 aliphatic heterocycles. The molecule has 1 fully saturated rings. The number of carbonyl (C=O) groups excluding carboxylic acids is 1. The Bertz CT molecular complexity index is 631. The van der Waals surface area contributed by atoms with Crippen molar-refractivity contribution in [1.82, 2.24) is 26.3 Å². The highest BCUT2D eigenvalue weighted by molar-refractivity contribution is 6.20. The van der Waals surface area contributed by atoms with Crippen LogP contribution in [0.25, 0.3) is 0 Å². The predicted molar refractivity (Wildman–Crippen MR) is 96.3 cm³/mol. The van der Waals surface area contributed by atoms with Gasteiger partial charge in [0.25, 0.3) is 0 Å². The fraction of sp³-hybridized carbons (Fsp3) is 0.562. The van der Waals surface area contributed by atoms with Gasteiger partial charge in [0.05, 0.1) is 11.7 Å². The second-order valence-electron chi connectivity index (χ2n) is 6.65. The normalized spacial score (nSPS) is 29.8. The van der Waals surface area contributed by atoms with E-state index in [0.29, 0.717) is 0 Å². The number of fused-ring (bicyclic) bond motifs is 1. The zero-order valence-corrected chi connectivity index (χ0v) is 15.1. The van der Waals surface area contributed by atoms with E-state index >= 15 is 0 Å². The molecule has 0 aromatic heterocycles. The zero-order chi connectivity index (χ0) is 18.0. The van der Waals surface area contributed by atoms with Crippen LogP contribution in [0.1, 0.15) is 24.5 Å². The number of carbonyl (C=O) groups is 1. The van der Waals surface area contributed by atoms with E-state index in [9.17, 15) is 10.0 Å². The highest BCUT2D eigenvalue weighted by atomic mass is 35.5. The van der Waals surface area contributed by atoms with Gasteiger partial charge in [-0.05, 0) is 43.7 Å². The molecule has 0 aliphatic carbocycles. The lowest BCUT2D eigenvalue weighted by molar-refractivity contribution is -0.0267. The molecule has 1 aromatic rings. The second kappa shape index (κ2) is 7.86. The van der Waals surface area contributed by atoms with Crippen molar-refractivity contribution in [1.29, 1.82) is 0 Å². The molecule has 1 saturated heterocycles. The lowest BCUT2D eigenvalue weighted by Gasteiger charge is -2.42. The van der Waals surface area contributed by atoms with Gasteiger partial charge in [-0.25, -0.2) is 4.79 Å². The van der Waals surface area contributed by atoms with E-state index in [1.54, 1.807) is 0 Å². The van der Waals surface area contributed by atoms with Gasteiger partial charge in [0.1, 0.15) is 6.29 Å². The maximum atomic E-state index is 12.4. The monoisotopic (exact) mass is 368 g/mol. The van der Waals surface area contributed by atoms with Gasteiger partial charge in [0, 0.05) is 24.7 Å². The van der Waals surface area contributed by atoms with Crippen molar-refractivity contribution in [2.75, 3.05) is 12.4 Å². The standard InChI is InChI=1S/C16H25ClN6O2/c1-9-5-14(22-25)23(2)15(19-9)21-16(24)20-12-4-3-10-8-18-13(17)7-11(10)6-12/h3-4,6,9,13-15,18-19,22,25H,5,7-8H2,1-2H3,(H2,20,21,24). The molecule has 2 heterocycles. The van der Waals surface area contributed by atoms with Crippen LogP contribution in [0.3, 0.4) is 0 Å². The topological polar surface area (TPSA) is 101 Å². The summed E-state index contributed by atoms with van der Waals surface area (Å²) in [6.45, 7) is 2.74. The average Bonchev–Trinajstić information content (AvgIpc) is 2.57. The van der Waals surface area contributed by atoms with Crippen molar-refractivity contribution in [2.24, 2.45) is 0 Å². The van der Waals surface area contributed by atoms with E-state index in [0.717, 1.165) is 30.6 Å². The highest BCUT2D eigenvalue weighted by Gasteiger charge is 2.31. The van der Waals surface area contributed by atoms with Gasteiger partial charge in [0.15, 0.2) is 0 Å². The van der Waals surface area contributed by atoms with Gasteiger partial charge in [-0.1, -0.05) is 6.07 Å². The number of halogens is 1. The van der Waals surface area contributed by atoms with Gasteiger partial charge in [0.2, 0.25) is 0 Å². The van der Waals surface area contributed by atoms with Gasteiger partial charge in [-0.15, -0.1) is 11.6 Å². The lowest BCUT2D eigenvalue weighted by Crippen LogP contribution is -2.67. The summed E-state index contributed by atoms with van der Waals surface area (Å²) in [4.78, 5) is 14.2. The maximum absolute atomic E-state index is 12.4. The Morgan fingerprint density at radius 2 is 2.20 bits per heavy atom. The molecule has 9 heteroatoms. The van der Waals surface area contributed by atoms with E-state index in [4.69, 9.17) is 11.6 Å². The number of amides is 2. The number of hydrogen-bond acceptors (Lipinski definition) is 6. The molecule has 0 radical (unpaired) electrons. The van der Waals surface area contributed by atoms with Crippen LogP contribution >= 0.6 is 11.6 Å². The molecule has 8 nitrogen and oxygen atoms in total. The summed E-state index contributed by atoms with van der Waals surface area (Å²) in [5, 5.41) is 21.4. The Kier molecular flexibility index (Phi) is 5.78. The third-order valence-corrected chi connectivity index (χ3v) is 5.02. The largest absolute Gasteiger partial charge is 0.321 e. The summed E-state index contributed by atoms with van der Waals surface area (Å²) in [7, 11) is 1.82. The zero-order valence-electron chi connectivity index (χ0n) is 14.3. The molecule has 138 valence electrons. The van der Waals surface area contributed by atoms with Crippen LogP contribution in [0.15, 0.2) is 18.2 Å². The number of anilines is 1. The van der Waals surface area contributed by atoms with Crippen molar-refractivity contribution in [3.05, 3.63) is 29.3 Å². The van der Waals surface area contributed by atoms with Gasteiger partial charge in [-0.2, -0.15) is 5.48 Å². The first kappa shape index (κ1) is 18.4. The molecule has 4 atom stereocenters. The summed E-state index contributed by atoms with van der Waals surface area (Å²) < 4.78 is 0. The van der Waals surface area contributed by atoms with Crippen LogP contribution in [0.5, 0.6) is 0 Å². The third-order valence-electron chi connectivity index (χ3n) is 4.71. The second-order valence-corrected chi connectivity index (χ2v) is 7.18. The molecule has 6 N–H and O–H groups in total. The Hall–Kier alpha value is -1.42. The molecule has 0 spiro atoms. The van der Waals surface area contributed by atoms with Crippen molar-refractivity contribution >= 4 is 23.3 Å². The number of nitrogens with zero attached hydrogens (tertiary/aromatic N) is 1. The Balaban J connectivity index is 1.61. The van der Waals surface area contributed by atoms with Crippen LogP contribution in [0.2, 0.25) is 0 Å². The molecule has 2 aliphatic rings. The number of hydrogen-bond donors (Lipinski definition) is 6. The summed E-state index contributed by atoms with van der Waals surface area (Å²) >= 11 is 6.14. The van der Waals surface area contributed by atoms with E-state index in [1.165, 1.54) is 5.56 Å². The van der Waals surface area contributed by atoms with Gasteiger partial charge in [-0.3, -0.25) is 15.5 Å². The van der Waals surface area contributed by atoms with Crippen molar-refractivity contribution in [2.45, 2.75) is 50.3 Å². The number of nitrogens with one attached hydrogen (secondary N) is 5. The minimum atomic E-state index is -0.387. The summed E-state index contributed by atoms with van der Waals surface area (Å²) in [5.74, 6) is 0. The first-order chi connectivity index (χ1) is 12.0. The minimum absolute atomic E-state index is 0.0823. The predicted octanol–water partition coefficient (Wildman–Crippen LogP) is 0.921. The number of alkyl halides is 1. The number of rotatable bonds is 3. The Morgan fingerprint density at radius 3 is 2.96 bits per heavy atom. The molecule has 3 rings (SSSR count). The number of urea groups is 1. The molecule has 2 amide bonds. The van der Waals surface area contributed by atoms with E-state index in [1.807, 2.05) is 37.1 Å². The first-order valence-corrected chi connectivity index (χ1v) is 8.84. The van der Waals surface area contributed by atoms with Crippen molar-refractivity contribution in [3.63, 3.8) is 0 Å². The summed E-state index contributed by atoms with van der Waals surface area (Å²) in [5.41, 5.74) is 5.25. The van der Waals surface area contributed by atoms with Crippen LogP contribution in [0, 0.1) is 0 Å². The lowest BCUT2D eigenvalue weighted by atomic mass is 10.0. The quantitative estimate of drug-likeness (QED) is 0.269. The number of benzene rings is 1. The summed E-state index contributed by atoms with van der Waals surface area (Å²) in [6, 6.07) is 5.69. The molecule has 0 saturated carbocycles. The van der Waals surface area contributed by atoms with Gasteiger partial charge < -0.3 is 15.8 Å². The van der Waals surface area contributed by atoms with Crippen LogP contribution in [-0.4, -0.2) is 47.2 Å². The molecular formula is C16H25ClN6O2. The number of hydroxylamine groups is 1. The molecule has 4 unspecified atom stereocenters. The van der Waals surface area contributed by atoms with Crippen LogP contribution in [0.4, 0.5) is 10.5 Å². The van der Waals surface area contributed by atoms with Gasteiger partial charge >= 0.3 is 6.03 Å². The fourth-order valence-electron chi connectivity index (χ4n) is 3.27. The molecule has 25 heavy (non-hydrogen) atoms. The maximum Gasteiger partial charge on any atom is 0.321 e. The summed E-state index contributed by atoms with van der Waals surface area (Å²) in [6.07, 6.45) is 0.842. The molecular weight excluding hydrogens is 344 g/mol. The smallest absolute Gasteiger partial charge is 0.315 e. The first-order valence-electron chi connectivity index (χ1n) is 8.40. The third kappa shape index (κ3) is 4.41. The Labute approximate surface area is 152 Å². The Morgan fingerprint density at radius 1 is 1.40 bits per heavy atom. The van der Waals surface area contributed by atoms with Crippen LogP contribution in [-0.2, 0) is 13.0 Å². The van der Waals surface area contributed by atoms with Crippen LogP contribution < -0.4 is 26.7 Å². The highest BCUT2D eigenvalue weighted by Crippen LogP contribution is 2.22. The molecule has 1 aromatic carbocycles. The fourth-order valence-corrected chi connectivity index (χ4v) is 3.51. The minimum Gasteiger partial charge on any atom is -0.315 e. The average molecular weight is 369 g/mol. The van der Waals surface area contributed by atoms with E-state index in [2.05, 4.69) is 26.7 Å². The van der Waals surface area contributed by atoms with E-state index in [-0.39, 0.29) is 30.0 Å². The van der Waals surface area contributed by atoms with E-state index < -0.39 is 0 Å². The van der Waals surface area contributed by atoms with Crippen molar-refractivity contribution in [3.8, 4) is 0 Å². The molecule has 0 bridgehead atoms. The van der Waals surface area contributed by atoms with Crippen molar-refractivity contribution < 1.29 is 10.0 Å². The SMILES string of the molecule is CC1CC(NO)N(C)C(NC(=O)Nc2ccc3c(c2)CC(Cl)NC3)N1.